The van der Waals surface area contributed by atoms with E-state index in [1.54, 1.807) is 18.2 Å². The molecule has 0 aliphatic heterocycles. The molecule has 6 nitrogen and oxygen atoms in total. The molecular weight excluding hydrogens is 356 g/mol. The fourth-order valence-corrected chi connectivity index (χ4v) is 2.58. The number of nitrogen functional groups attached to an aromatic ring is 1. The third kappa shape index (κ3) is 3.52. The van der Waals surface area contributed by atoms with Crippen LogP contribution in [0.4, 0.5) is 17.1 Å². The number of nitrogens with one attached hydrogen (secondary N) is 1. The van der Waals surface area contributed by atoms with Crippen molar-refractivity contribution in [2.75, 3.05) is 11.1 Å². The molecule has 2 rings (SSSR count). The summed E-state index contributed by atoms with van der Waals surface area (Å²) in [4.78, 5) is -0.0623. The van der Waals surface area contributed by atoms with E-state index in [-0.39, 0.29) is 4.90 Å². The highest BCUT2D eigenvalue weighted by Gasteiger charge is 2.12. The maximum atomic E-state index is 11.4. The first-order valence-electron chi connectivity index (χ1n) is 5.70. The molecule has 0 aromatic heterocycles. The van der Waals surface area contributed by atoms with Gasteiger partial charge in [0.25, 0.3) is 0 Å². The van der Waals surface area contributed by atoms with E-state index in [1.807, 2.05) is 6.07 Å². The predicted octanol–water partition coefficient (Wildman–Crippen LogP) is 2.29. The normalized spacial score (nSPS) is 10.9. The maximum absolute atomic E-state index is 11.4. The van der Waals surface area contributed by atoms with Crippen LogP contribution in [0.15, 0.2) is 45.8 Å². The first-order valence-corrected chi connectivity index (χ1v) is 8.04. The fraction of sp³-hybridized carbons (Fsp3) is 0. The molecule has 8 heteroatoms. The van der Waals surface area contributed by atoms with E-state index in [2.05, 4.69) is 21.2 Å². The summed E-state index contributed by atoms with van der Waals surface area (Å²) < 4.78 is 23.5. The Bertz CT molecular complexity index is 844. The van der Waals surface area contributed by atoms with Gasteiger partial charge in [0.1, 0.15) is 6.07 Å². The quantitative estimate of drug-likeness (QED) is 0.719. The predicted molar refractivity (Wildman–Crippen MR) is 84.4 cm³/mol. The molecule has 0 bridgehead atoms. The Kier molecular flexibility index (Phi) is 4.18. The highest BCUT2D eigenvalue weighted by molar-refractivity contribution is 9.10. The lowest BCUT2D eigenvalue weighted by Gasteiger charge is -2.12. The van der Waals surface area contributed by atoms with Gasteiger partial charge in [-0.25, -0.2) is 13.6 Å². The van der Waals surface area contributed by atoms with Crippen molar-refractivity contribution in [2.24, 2.45) is 5.14 Å². The van der Waals surface area contributed by atoms with Crippen LogP contribution < -0.4 is 16.2 Å². The van der Waals surface area contributed by atoms with E-state index in [4.69, 9.17) is 16.1 Å². The van der Waals surface area contributed by atoms with Crippen molar-refractivity contribution in [3.8, 4) is 6.07 Å². The molecule has 21 heavy (non-hydrogen) atoms. The van der Waals surface area contributed by atoms with Crippen molar-refractivity contribution in [2.45, 2.75) is 4.90 Å². The van der Waals surface area contributed by atoms with Gasteiger partial charge in [0.15, 0.2) is 0 Å². The van der Waals surface area contributed by atoms with Gasteiger partial charge >= 0.3 is 0 Å². The Hall–Kier alpha value is -2.08. The van der Waals surface area contributed by atoms with Gasteiger partial charge in [-0.3, -0.25) is 0 Å². The van der Waals surface area contributed by atoms with Gasteiger partial charge in [-0.2, -0.15) is 5.26 Å². The lowest BCUT2D eigenvalue weighted by atomic mass is 10.2. The monoisotopic (exact) mass is 366 g/mol. The molecule has 0 aliphatic carbocycles. The van der Waals surface area contributed by atoms with E-state index in [1.165, 1.54) is 18.2 Å². The number of nitriles is 1. The number of hydrogen-bond donors (Lipinski definition) is 3. The number of rotatable bonds is 3. The number of nitrogens with two attached hydrogens (primary N) is 2. The zero-order chi connectivity index (χ0) is 15.6. The minimum atomic E-state index is -3.83. The summed E-state index contributed by atoms with van der Waals surface area (Å²) >= 11 is 3.31. The van der Waals surface area contributed by atoms with Gasteiger partial charge in [0.05, 0.1) is 27.5 Å². The van der Waals surface area contributed by atoms with E-state index in [0.29, 0.717) is 22.6 Å². The zero-order valence-electron chi connectivity index (χ0n) is 10.7. The average molecular weight is 367 g/mol. The van der Waals surface area contributed by atoms with Gasteiger partial charge < -0.3 is 11.1 Å². The lowest BCUT2D eigenvalue weighted by Crippen LogP contribution is -2.12. The number of halogens is 1. The van der Waals surface area contributed by atoms with Gasteiger partial charge in [0.2, 0.25) is 10.0 Å². The third-order valence-electron chi connectivity index (χ3n) is 2.72. The van der Waals surface area contributed by atoms with Gasteiger partial charge in [0, 0.05) is 4.47 Å². The average Bonchev–Trinajstić information content (AvgIpc) is 2.40. The van der Waals surface area contributed by atoms with Crippen LogP contribution in [0.3, 0.4) is 0 Å². The summed E-state index contributed by atoms with van der Waals surface area (Å²) in [5.74, 6) is 0. The largest absolute Gasteiger partial charge is 0.397 e. The number of sulfonamides is 1. The molecule has 0 heterocycles. The molecule has 0 fully saturated rings. The van der Waals surface area contributed by atoms with Crippen LogP contribution in [0.5, 0.6) is 0 Å². The molecule has 5 N–H and O–H groups in total. The van der Waals surface area contributed by atoms with E-state index >= 15 is 0 Å². The van der Waals surface area contributed by atoms with Gasteiger partial charge in [-0.15, -0.1) is 0 Å². The molecule has 0 unspecified atom stereocenters. The summed E-state index contributed by atoms with van der Waals surface area (Å²) in [6.07, 6.45) is 0. The smallest absolute Gasteiger partial charge is 0.238 e. The number of hydrogen-bond acceptors (Lipinski definition) is 5. The molecule has 2 aromatic carbocycles. The molecule has 0 amide bonds. The molecule has 0 spiro atoms. The molecule has 0 radical (unpaired) electrons. The fourth-order valence-electron chi connectivity index (χ4n) is 1.68. The Morgan fingerprint density at radius 1 is 1.14 bits per heavy atom. The van der Waals surface area contributed by atoms with Crippen molar-refractivity contribution in [3.63, 3.8) is 0 Å². The van der Waals surface area contributed by atoms with E-state index < -0.39 is 10.0 Å². The molecule has 0 atom stereocenters. The maximum Gasteiger partial charge on any atom is 0.238 e. The summed E-state index contributed by atoms with van der Waals surface area (Å²) in [5, 5.41) is 17.1. The number of primary sulfonamides is 1. The van der Waals surface area contributed by atoms with Gasteiger partial charge in [-0.05, 0) is 36.4 Å². The summed E-state index contributed by atoms with van der Waals surface area (Å²) in [7, 11) is -3.83. The topological polar surface area (TPSA) is 122 Å². The molecule has 0 aliphatic rings. The van der Waals surface area contributed by atoms with Crippen LogP contribution in [-0.4, -0.2) is 8.42 Å². The van der Waals surface area contributed by atoms with Crippen LogP contribution in [0.2, 0.25) is 0 Å². The summed E-state index contributed by atoms with van der Waals surface area (Å²) in [6, 6.07) is 11.2. The second-order valence-corrected chi connectivity index (χ2v) is 6.70. The molecule has 108 valence electrons. The van der Waals surface area contributed by atoms with E-state index in [9.17, 15) is 8.42 Å². The molecule has 0 saturated carbocycles. The first kappa shape index (κ1) is 15.3. The van der Waals surface area contributed by atoms with Crippen molar-refractivity contribution in [1.82, 2.24) is 0 Å². The third-order valence-corrected chi connectivity index (χ3v) is 4.13. The van der Waals surface area contributed by atoms with E-state index in [0.717, 1.165) is 4.47 Å². The highest BCUT2D eigenvalue weighted by atomic mass is 79.9. The molecule has 2 aromatic rings. The Morgan fingerprint density at radius 3 is 2.48 bits per heavy atom. The highest BCUT2D eigenvalue weighted by Crippen LogP contribution is 2.29. The van der Waals surface area contributed by atoms with Crippen molar-refractivity contribution in [1.29, 1.82) is 5.26 Å². The minimum absolute atomic E-state index is 0.0623. The van der Waals surface area contributed by atoms with Crippen molar-refractivity contribution < 1.29 is 8.42 Å². The second kappa shape index (κ2) is 5.73. The SMILES string of the molecule is N#Cc1ccc(Br)cc1Nc1cc(S(N)(=O)=O)ccc1N. The minimum Gasteiger partial charge on any atom is -0.397 e. The summed E-state index contributed by atoms with van der Waals surface area (Å²) in [5.41, 5.74) is 7.42. The molecular formula is C13H11BrN4O2S. The van der Waals surface area contributed by atoms with Crippen LogP contribution in [0, 0.1) is 11.3 Å². The van der Waals surface area contributed by atoms with Crippen LogP contribution in [0.25, 0.3) is 0 Å². The Morgan fingerprint density at radius 2 is 1.86 bits per heavy atom. The number of nitrogens with zero attached hydrogens (tertiary/aromatic N) is 1. The standard InChI is InChI=1S/C13H11BrN4O2S/c14-9-2-1-8(7-15)12(5-9)18-13-6-10(21(17,19)20)3-4-11(13)16/h1-6,18H,16H2,(H2,17,19,20). The van der Waals surface area contributed by atoms with Crippen molar-refractivity contribution >= 4 is 43.0 Å². The molecule has 0 saturated heterocycles. The van der Waals surface area contributed by atoms with Crippen LogP contribution in [0.1, 0.15) is 5.56 Å². The first-order chi connectivity index (χ1) is 9.81. The van der Waals surface area contributed by atoms with Crippen LogP contribution in [-0.2, 0) is 10.0 Å². The van der Waals surface area contributed by atoms with Crippen LogP contribution >= 0.6 is 15.9 Å². The number of anilines is 3. The Balaban J connectivity index is 2.50. The van der Waals surface area contributed by atoms with Crippen molar-refractivity contribution in [3.05, 3.63) is 46.4 Å². The Labute approximate surface area is 130 Å². The van der Waals surface area contributed by atoms with Gasteiger partial charge in [-0.1, -0.05) is 15.9 Å². The second-order valence-electron chi connectivity index (χ2n) is 4.22. The zero-order valence-corrected chi connectivity index (χ0v) is 13.1. The summed E-state index contributed by atoms with van der Waals surface area (Å²) in [6.45, 7) is 0. The number of benzene rings is 2. The lowest BCUT2D eigenvalue weighted by molar-refractivity contribution is 0.598.